The summed E-state index contributed by atoms with van der Waals surface area (Å²) in [4.78, 5) is 14.9. The zero-order valence-electron chi connectivity index (χ0n) is 15.9. The van der Waals surface area contributed by atoms with E-state index in [0.717, 1.165) is 30.5 Å². The molecule has 1 fully saturated rings. The van der Waals surface area contributed by atoms with Crippen LogP contribution >= 0.6 is 0 Å². The molecule has 0 spiro atoms. The van der Waals surface area contributed by atoms with Gasteiger partial charge in [0.1, 0.15) is 0 Å². The third kappa shape index (κ3) is 5.91. The number of hydrogen-bond donors (Lipinski definition) is 2. The van der Waals surface area contributed by atoms with Crippen LogP contribution in [-0.4, -0.2) is 41.7 Å². The molecule has 2 aromatic carbocycles. The molecule has 2 N–H and O–H groups in total. The third-order valence-corrected chi connectivity index (χ3v) is 5.35. The van der Waals surface area contributed by atoms with Crippen molar-refractivity contribution in [1.82, 2.24) is 4.90 Å². The number of nitrogens with zero attached hydrogens (tertiary/aromatic N) is 1. The molecule has 0 saturated heterocycles. The predicted molar refractivity (Wildman–Crippen MR) is 110 cm³/mol. The van der Waals surface area contributed by atoms with Crippen LogP contribution in [0.1, 0.15) is 43.2 Å². The Morgan fingerprint density at radius 2 is 1.70 bits per heavy atom. The maximum Gasteiger partial charge on any atom is 0.238 e. The van der Waals surface area contributed by atoms with Crippen molar-refractivity contribution in [3.63, 3.8) is 0 Å². The molecule has 2 aromatic rings. The first-order valence-electron chi connectivity index (χ1n) is 10.0. The number of nitrogens with one attached hydrogen (secondary N) is 1. The first-order valence-corrected chi connectivity index (χ1v) is 10.0. The molecule has 4 nitrogen and oxygen atoms in total. The van der Waals surface area contributed by atoms with Crippen LogP contribution in [0.3, 0.4) is 0 Å². The van der Waals surface area contributed by atoms with Gasteiger partial charge in [-0.2, -0.15) is 0 Å². The van der Waals surface area contributed by atoms with Gasteiger partial charge in [-0.05, 0) is 36.5 Å². The van der Waals surface area contributed by atoms with E-state index in [9.17, 15) is 9.90 Å². The standard InChI is InChI=1S/C23H30N2O2/c26-16-15-25(21-12-5-2-6-13-21)18-23(27)24-22-14-8-7-11-20(22)17-19-9-3-1-4-10-19/h1,3-4,7-11,14,21,26H,2,5-6,12-13,15-18H2,(H,24,27). The smallest absolute Gasteiger partial charge is 0.238 e. The largest absolute Gasteiger partial charge is 0.395 e. The Bertz CT molecular complexity index is 711. The number of benzene rings is 2. The van der Waals surface area contributed by atoms with Gasteiger partial charge in [0.2, 0.25) is 5.91 Å². The van der Waals surface area contributed by atoms with Gasteiger partial charge < -0.3 is 10.4 Å². The Balaban J connectivity index is 1.64. The van der Waals surface area contributed by atoms with Crippen molar-refractivity contribution in [1.29, 1.82) is 0 Å². The molecule has 0 unspecified atom stereocenters. The molecule has 4 heteroatoms. The Hall–Kier alpha value is -2.17. The van der Waals surface area contributed by atoms with Crippen molar-refractivity contribution in [2.24, 2.45) is 0 Å². The van der Waals surface area contributed by atoms with E-state index in [-0.39, 0.29) is 12.5 Å². The highest BCUT2D eigenvalue weighted by molar-refractivity contribution is 5.93. The fourth-order valence-electron chi connectivity index (χ4n) is 3.95. The fraction of sp³-hybridized carbons (Fsp3) is 0.435. The quantitative estimate of drug-likeness (QED) is 0.746. The van der Waals surface area contributed by atoms with Gasteiger partial charge in [0, 0.05) is 18.3 Å². The van der Waals surface area contributed by atoms with Crippen LogP contribution in [0.15, 0.2) is 54.6 Å². The van der Waals surface area contributed by atoms with Gasteiger partial charge in [-0.3, -0.25) is 9.69 Å². The van der Waals surface area contributed by atoms with Crippen molar-refractivity contribution in [2.45, 2.75) is 44.6 Å². The van der Waals surface area contributed by atoms with E-state index in [1.54, 1.807) is 0 Å². The van der Waals surface area contributed by atoms with Crippen molar-refractivity contribution in [2.75, 3.05) is 25.0 Å². The Morgan fingerprint density at radius 1 is 1.00 bits per heavy atom. The first kappa shape index (κ1) is 19.6. The number of rotatable bonds is 8. The second-order valence-electron chi connectivity index (χ2n) is 7.35. The highest BCUT2D eigenvalue weighted by Crippen LogP contribution is 2.23. The minimum Gasteiger partial charge on any atom is -0.395 e. The van der Waals surface area contributed by atoms with Crippen LogP contribution in [-0.2, 0) is 11.2 Å². The molecule has 0 atom stereocenters. The van der Waals surface area contributed by atoms with E-state index in [2.05, 4.69) is 28.4 Å². The molecule has 3 rings (SSSR count). The van der Waals surface area contributed by atoms with Crippen LogP contribution in [0.2, 0.25) is 0 Å². The fourth-order valence-corrected chi connectivity index (χ4v) is 3.95. The monoisotopic (exact) mass is 366 g/mol. The van der Waals surface area contributed by atoms with Gasteiger partial charge in [-0.1, -0.05) is 67.8 Å². The lowest BCUT2D eigenvalue weighted by Gasteiger charge is -2.33. The maximum absolute atomic E-state index is 12.7. The molecule has 0 aliphatic heterocycles. The summed E-state index contributed by atoms with van der Waals surface area (Å²) < 4.78 is 0. The average molecular weight is 367 g/mol. The summed E-state index contributed by atoms with van der Waals surface area (Å²) in [6, 6.07) is 18.7. The van der Waals surface area contributed by atoms with Crippen LogP contribution in [0.4, 0.5) is 5.69 Å². The van der Waals surface area contributed by atoms with Gasteiger partial charge in [-0.15, -0.1) is 0 Å². The number of aliphatic hydroxyl groups excluding tert-OH is 1. The zero-order chi connectivity index (χ0) is 18.9. The summed E-state index contributed by atoms with van der Waals surface area (Å²) in [5.41, 5.74) is 3.21. The minimum absolute atomic E-state index is 0.00506. The van der Waals surface area contributed by atoms with Gasteiger partial charge >= 0.3 is 0 Å². The normalized spacial score (nSPS) is 15.0. The van der Waals surface area contributed by atoms with E-state index in [1.807, 2.05) is 36.4 Å². The first-order chi connectivity index (χ1) is 13.3. The van der Waals surface area contributed by atoms with Gasteiger partial charge in [0.15, 0.2) is 0 Å². The van der Waals surface area contributed by atoms with E-state index in [0.29, 0.717) is 19.1 Å². The van der Waals surface area contributed by atoms with Crippen LogP contribution in [0.5, 0.6) is 0 Å². The van der Waals surface area contributed by atoms with Crippen LogP contribution < -0.4 is 5.32 Å². The predicted octanol–water partition coefficient (Wildman–Crippen LogP) is 3.84. The van der Waals surface area contributed by atoms with Gasteiger partial charge in [0.25, 0.3) is 0 Å². The summed E-state index contributed by atoms with van der Waals surface area (Å²) in [6.07, 6.45) is 6.75. The molecule has 1 saturated carbocycles. The summed E-state index contributed by atoms with van der Waals surface area (Å²) in [5, 5.41) is 12.5. The topological polar surface area (TPSA) is 52.6 Å². The van der Waals surface area contributed by atoms with Gasteiger partial charge in [-0.25, -0.2) is 0 Å². The molecule has 0 aromatic heterocycles. The lowest BCUT2D eigenvalue weighted by Crippen LogP contribution is -2.43. The number of carbonyl (C=O) groups excluding carboxylic acids is 1. The van der Waals surface area contributed by atoms with Gasteiger partial charge in [0.05, 0.1) is 13.2 Å². The zero-order valence-corrected chi connectivity index (χ0v) is 15.9. The lowest BCUT2D eigenvalue weighted by molar-refractivity contribution is -0.118. The number of para-hydroxylation sites is 1. The second kappa shape index (κ2) is 10.2. The van der Waals surface area contributed by atoms with E-state index in [1.165, 1.54) is 24.8 Å². The number of amides is 1. The minimum atomic E-state index is -0.00506. The Labute approximate surface area is 162 Å². The number of hydrogen-bond acceptors (Lipinski definition) is 3. The lowest BCUT2D eigenvalue weighted by atomic mass is 9.94. The second-order valence-corrected chi connectivity index (χ2v) is 7.35. The molecule has 0 bridgehead atoms. The molecular weight excluding hydrogens is 336 g/mol. The maximum atomic E-state index is 12.7. The van der Waals surface area contributed by atoms with Crippen LogP contribution in [0, 0.1) is 0 Å². The van der Waals surface area contributed by atoms with Crippen molar-refractivity contribution in [3.05, 3.63) is 65.7 Å². The SMILES string of the molecule is O=C(CN(CCO)C1CCCCC1)Nc1ccccc1Cc1ccccc1. The van der Waals surface area contributed by atoms with Crippen LogP contribution in [0.25, 0.3) is 0 Å². The molecular formula is C23H30N2O2. The molecule has 1 amide bonds. The van der Waals surface area contributed by atoms with Crippen molar-refractivity contribution >= 4 is 11.6 Å². The third-order valence-electron chi connectivity index (χ3n) is 5.35. The molecule has 0 heterocycles. The highest BCUT2D eigenvalue weighted by Gasteiger charge is 2.22. The summed E-state index contributed by atoms with van der Waals surface area (Å²) in [5.74, 6) is -0.00506. The van der Waals surface area contributed by atoms with E-state index in [4.69, 9.17) is 0 Å². The molecule has 144 valence electrons. The molecule has 1 aliphatic carbocycles. The number of aliphatic hydroxyl groups is 1. The highest BCUT2D eigenvalue weighted by atomic mass is 16.3. The summed E-state index contributed by atoms with van der Waals surface area (Å²) in [6.45, 7) is 0.989. The Kier molecular flexibility index (Phi) is 7.43. The van der Waals surface area contributed by atoms with E-state index >= 15 is 0 Å². The average Bonchev–Trinajstić information content (AvgIpc) is 2.71. The molecule has 0 radical (unpaired) electrons. The number of carbonyl (C=O) groups is 1. The van der Waals surface area contributed by atoms with E-state index < -0.39 is 0 Å². The summed E-state index contributed by atoms with van der Waals surface area (Å²) in [7, 11) is 0. The molecule has 27 heavy (non-hydrogen) atoms. The van der Waals surface area contributed by atoms with Crippen molar-refractivity contribution < 1.29 is 9.90 Å². The molecule has 1 aliphatic rings. The number of anilines is 1. The van der Waals surface area contributed by atoms with Crippen molar-refractivity contribution in [3.8, 4) is 0 Å². The Morgan fingerprint density at radius 3 is 2.44 bits per heavy atom. The summed E-state index contributed by atoms with van der Waals surface area (Å²) >= 11 is 0.